The molecular weight excluding hydrogens is 422 g/mol. The van der Waals surface area contributed by atoms with E-state index in [-0.39, 0.29) is 34.8 Å². The van der Waals surface area contributed by atoms with Gasteiger partial charge in [-0.05, 0) is 68.3 Å². The SMILES string of the molecule is CCCC1OC2=C(O1)[C@@]1(C)C(=CC2=O)[C@@H](F)C[C@H]2[C@@H]3CC[C@H](SC)[C@@]3(C)C[C@H](O)[C@@]21F. The van der Waals surface area contributed by atoms with Gasteiger partial charge in [0.1, 0.15) is 6.17 Å². The maximum atomic E-state index is 17.5. The largest absolute Gasteiger partial charge is 0.454 e. The molecule has 1 aliphatic heterocycles. The molecule has 7 heteroatoms. The average Bonchev–Trinajstić information content (AvgIpc) is 3.29. The smallest absolute Gasteiger partial charge is 0.241 e. The molecule has 1 heterocycles. The third-order valence-corrected chi connectivity index (χ3v) is 10.4. The van der Waals surface area contributed by atoms with Gasteiger partial charge in [-0.15, -0.1) is 0 Å². The van der Waals surface area contributed by atoms with Gasteiger partial charge in [0.2, 0.25) is 17.8 Å². The molecule has 0 saturated heterocycles. The minimum absolute atomic E-state index is 0.00845. The molecule has 1 N–H and O–H groups in total. The van der Waals surface area contributed by atoms with E-state index >= 15 is 8.78 Å². The maximum absolute atomic E-state index is 17.5. The molecule has 0 aromatic heterocycles. The number of aliphatic hydroxyl groups is 1. The molecule has 172 valence electrons. The van der Waals surface area contributed by atoms with Gasteiger partial charge >= 0.3 is 0 Å². The standard InChI is InChI=1S/C24H32F2O4S/c1-5-6-19-29-20-16(27)10-14-15(25)9-13-12-7-8-18(31-4)22(12,2)11-17(28)24(13,26)23(14,3)21(20)30-19/h10,12-13,15,17-19,28H,5-9,11H2,1-4H3/t12-,13-,15-,17-,18-,19?,22-,23+,24-/m0/s1. The van der Waals surface area contributed by atoms with Gasteiger partial charge in [-0.1, -0.05) is 13.8 Å². The molecule has 3 fully saturated rings. The Labute approximate surface area is 186 Å². The van der Waals surface area contributed by atoms with Crippen LogP contribution in [0.3, 0.4) is 0 Å². The van der Waals surface area contributed by atoms with Crippen LogP contribution in [-0.2, 0) is 14.3 Å². The number of carbonyl (C=O) groups excluding carboxylic acids is 1. The van der Waals surface area contributed by atoms with E-state index in [9.17, 15) is 9.90 Å². The highest BCUT2D eigenvalue weighted by atomic mass is 32.2. The Kier molecular flexibility index (Phi) is 4.88. The highest BCUT2D eigenvalue weighted by Crippen LogP contribution is 2.71. The first-order valence-corrected chi connectivity index (χ1v) is 12.8. The van der Waals surface area contributed by atoms with Crippen molar-refractivity contribution in [2.45, 2.75) is 88.8 Å². The summed E-state index contributed by atoms with van der Waals surface area (Å²) >= 11 is 1.76. The number of ketones is 1. The monoisotopic (exact) mass is 454 g/mol. The Morgan fingerprint density at radius 2 is 2.00 bits per heavy atom. The maximum Gasteiger partial charge on any atom is 0.241 e. The summed E-state index contributed by atoms with van der Waals surface area (Å²) in [6, 6.07) is 0. The van der Waals surface area contributed by atoms with Gasteiger partial charge in [0.25, 0.3) is 0 Å². The second-order valence-electron chi connectivity index (χ2n) is 10.4. The highest BCUT2D eigenvalue weighted by molar-refractivity contribution is 7.99. The summed E-state index contributed by atoms with van der Waals surface area (Å²) in [5, 5.41) is 11.7. The number of ether oxygens (including phenoxy) is 2. The zero-order valence-electron chi connectivity index (χ0n) is 18.6. The van der Waals surface area contributed by atoms with Gasteiger partial charge in [-0.25, -0.2) is 8.78 Å². The lowest BCUT2D eigenvalue weighted by Gasteiger charge is -2.62. The average molecular weight is 455 g/mol. The number of halogens is 2. The summed E-state index contributed by atoms with van der Waals surface area (Å²) in [6.45, 7) is 5.72. The summed E-state index contributed by atoms with van der Waals surface area (Å²) in [5.41, 5.74) is -3.82. The summed E-state index contributed by atoms with van der Waals surface area (Å²) < 4.78 is 44.9. The van der Waals surface area contributed by atoms with Crippen LogP contribution in [0, 0.1) is 22.7 Å². The number of allylic oxidation sites excluding steroid dienone is 2. The first-order chi connectivity index (χ1) is 14.6. The predicted molar refractivity (Wildman–Crippen MR) is 115 cm³/mol. The number of thioether (sulfide) groups is 1. The fourth-order valence-corrected chi connectivity index (χ4v) is 8.78. The number of alkyl halides is 2. The molecule has 5 aliphatic rings. The van der Waals surface area contributed by atoms with E-state index in [1.165, 1.54) is 6.08 Å². The molecule has 0 bridgehead atoms. The number of rotatable bonds is 3. The summed E-state index contributed by atoms with van der Waals surface area (Å²) in [7, 11) is 0. The van der Waals surface area contributed by atoms with Gasteiger partial charge in [0.05, 0.1) is 11.5 Å². The molecule has 4 aliphatic carbocycles. The van der Waals surface area contributed by atoms with Crippen LogP contribution >= 0.6 is 11.8 Å². The molecule has 0 aromatic rings. The normalized spacial score (nSPS) is 50.7. The van der Waals surface area contributed by atoms with Gasteiger partial charge in [0.15, 0.2) is 11.4 Å². The fraction of sp³-hybridized carbons (Fsp3) is 0.792. The molecule has 0 amide bonds. The van der Waals surface area contributed by atoms with Crippen molar-refractivity contribution in [2.75, 3.05) is 6.26 Å². The zero-order chi connectivity index (χ0) is 22.3. The number of carbonyl (C=O) groups is 1. The Morgan fingerprint density at radius 1 is 1.26 bits per heavy atom. The fourth-order valence-electron chi connectivity index (χ4n) is 7.60. The van der Waals surface area contributed by atoms with Crippen molar-refractivity contribution in [3.63, 3.8) is 0 Å². The van der Waals surface area contributed by atoms with Crippen molar-refractivity contribution in [2.24, 2.45) is 22.7 Å². The van der Waals surface area contributed by atoms with Crippen molar-refractivity contribution < 1.29 is 28.2 Å². The quantitative estimate of drug-likeness (QED) is 0.660. The Bertz CT molecular complexity index is 874. The van der Waals surface area contributed by atoms with Crippen molar-refractivity contribution in [1.82, 2.24) is 0 Å². The van der Waals surface area contributed by atoms with Crippen molar-refractivity contribution in [1.29, 1.82) is 0 Å². The van der Waals surface area contributed by atoms with E-state index in [4.69, 9.17) is 9.47 Å². The first kappa shape index (κ1) is 21.7. The van der Waals surface area contributed by atoms with E-state index in [1.807, 2.05) is 6.92 Å². The van der Waals surface area contributed by atoms with Gasteiger partial charge < -0.3 is 14.6 Å². The third kappa shape index (κ3) is 2.54. The lowest BCUT2D eigenvalue weighted by molar-refractivity contribution is -0.207. The zero-order valence-corrected chi connectivity index (χ0v) is 19.4. The Hall–Kier alpha value is -1.08. The van der Waals surface area contributed by atoms with Crippen LogP contribution < -0.4 is 0 Å². The van der Waals surface area contributed by atoms with Crippen molar-refractivity contribution in [3.05, 3.63) is 23.2 Å². The lowest BCUT2D eigenvalue weighted by atomic mass is 9.45. The first-order valence-electron chi connectivity index (χ1n) is 11.5. The van der Waals surface area contributed by atoms with Crippen LogP contribution in [0.2, 0.25) is 0 Å². The van der Waals surface area contributed by atoms with E-state index in [0.29, 0.717) is 18.1 Å². The van der Waals surface area contributed by atoms with Gasteiger partial charge in [-0.2, -0.15) is 11.8 Å². The van der Waals surface area contributed by atoms with Crippen LogP contribution in [0.1, 0.15) is 59.3 Å². The van der Waals surface area contributed by atoms with Crippen LogP contribution in [0.25, 0.3) is 0 Å². The molecular formula is C24H32F2O4S. The second kappa shape index (κ2) is 6.96. The Morgan fingerprint density at radius 3 is 2.68 bits per heavy atom. The van der Waals surface area contributed by atoms with E-state index in [0.717, 1.165) is 19.3 Å². The third-order valence-electron chi connectivity index (χ3n) is 9.09. The Balaban J connectivity index is 1.64. The molecule has 31 heavy (non-hydrogen) atoms. The van der Waals surface area contributed by atoms with E-state index in [1.54, 1.807) is 18.7 Å². The van der Waals surface area contributed by atoms with Crippen molar-refractivity contribution in [3.8, 4) is 0 Å². The molecule has 0 aromatic carbocycles. The van der Waals surface area contributed by atoms with Gasteiger partial charge in [0, 0.05) is 17.6 Å². The van der Waals surface area contributed by atoms with Gasteiger partial charge in [-0.3, -0.25) is 4.79 Å². The predicted octanol–water partition coefficient (Wildman–Crippen LogP) is 4.87. The van der Waals surface area contributed by atoms with Crippen molar-refractivity contribution >= 4 is 17.5 Å². The lowest BCUT2D eigenvalue weighted by Crippen LogP contribution is -2.69. The molecule has 9 atom stereocenters. The number of hydrogen-bond acceptors (Lipinski definition) is 5. The molecule has 0 radical (unpaired) electrons. The van der Waals surface area contributed by atoms with E-state index in [2.05, 4.69) is 13.2 Å². The molecule has 0 spiro atoms. The molecule has 3 saturated carbocycles. The van der Waals surface area contributed by atoms with Crippen LogP contribution in [0.4, 0.5) is 8.78 Å². The molecule has 5 rings (SSSR count). The summed E-state index contributed by atoms with van der Waals surface area (Å²) in [6.07, 6.45) is 3.27. The second-order valence-corrected chi connectivity index (χ2v) is 11.5. The highest BCUT2D eigenvalue weighted by Gasteiger charge is 2.75. The molecule has 1 unspecified atom stereocenters. The summed E-state index contributed by atoms with van der Waals surface area (Å²) in [5.74, 6) is -1.06. The number of aliphatic hydroxyl groups excluding tert-OH is 1. The topological polar surface area (TPSA) is 55.8 Å². The van der Waals surface area contributed by atoms with E-state index < -0.39 is 41.4 Å². The van der Waals surface area contributed by atoms with Crippen LogP contribution in [0.15, 0.2) is 23.2 Å². The molecule has 4 nitrogen and oxygen atoms in total. The minimum Gasteiger partial charge on any atom is -0.454 e. The minimum atomic E-state index is -2.12. The van der Waals surface area contributed by atoms with Crippen LogP contribution in [0.5, 0.6) is 0 Å². The number of hydrogen-bond donors (Lipinski definition) is 1. The number of fused-ring (bicyclic) bond motifs is 6. The summed E-state index contributed by atoms with van der Waals surface area (Å²) in [4.78, 5) is 12.7. The van der Waals surface area contributed by atoms with Crippen LogP contribution in [-0.4, -0.2) is 46.6 Å².